The van der Waals surface area contributed by atoms with Crippen LogP contribution in [0.2, 0.25) is 0 Å². The Morgan fingerprint density at radius 2 is 1.45 bits per heavy atom. The van der Waals surface area contributed by atoms with Crippen LogP contribution in [0, 0.1) is 5.92 Å². The Bertz CT molecular complexity index is 418. The highest BCUT2D eigenvalue weighted by atomic mass is 16.5. The van der Waals surface area contributed by atoms with Crippen molar-refractivity contribution in [2.75, 3.05) is 0 Å². The molecule has 2 aliphatic rings. The lowest BCUT2D eigenvalue weighted by atomic mass is 9.76. The fraction of sp³-hybridized carbons (Fsp3) is 0.889. The van der Waals surface area contributed by atoms with E-state index in [9.17, 15) is 9.59 Å². The minimum absolute atomic E-state index is 0.0992. The van der Waals surface area contributed by atoms with Crippen molar-refractivity contribution in [2.24, 2.45) is 5.92 Å². The van der Waals surface area contributed by atoms with Crippen molar-refractivity contribution < 1.29 is 14.3 Å². The number of carbonyl (C=O) groups is 2. The molecule has 2 rings (SSSR count). The summed E-state index contributed by atoms with van der Waals surface area (Å²) in [6.45, 7) is 9.87. The summed E-state index contributed by atoms with van der Waals surface area (Å²) in [5, 5.41) is 0. The lowest BCUT2D eigenvalue weighted by molar-refractivity contribution is -0.169. The zero-order valence-corrected chi connectivity index (χ0v) is 14.8. The van der Waals surface area contributed by atoms with Crippen LogP contribution >= 0.6 is 0 Å². The SMILES string of the molecule is CC(=O)OC1CC(C)(C)N(C(=O)C2CCCCC2)C(C)(C)C1. The molecule has 0 unspecified atom stereocenters. The van der Waals surface area contributed by atoms with Crippen molar-refractivity contribution in [1.82, 2.24) is 4.90 Å². The molecule has 1 amide bonds. The van der Waals surface area contributed by atoms with Gasteiger partial charge in [-0.15, -0.1) is 0 Å². The zero-order valence-electron chi connectivity index (χ0n) is 14.8. The van der Waals surface area contributed by atoms with E-state index in [1.807, 2.05) is 0 Å². The number of piperidine rings is 1. The fourth-order valence-corrected chi connectivity index (χ4v) is 4.64. The Hall–Kier alpha value is -1.06. The molecule has 0 aromatic heterocycles. The summed E-state index contributed by atoms with van der Waals surface area (Å²) < 4.78 is 5.46. The Kier molecular flexibility index (Phi) is 4.88. The Balaban J connectivity index is 2.19. The third-order valence-corrected chi connectivity index (χ3v) is 5.17. The Labute approximate surface area is 134 Å². The topological polar surface area (TPSA) is 46.6 Å². The summed E-state index contributed by atoms with van der Waals surface area (Å²) in [6, 6.07) is 0. The van der Waals surface area contributed by atoms with E-state index in [-0.39, 0.29) is 29.1 Å². The largest absolute Gasteiger partial charge is 0.462 e. The molecular weight excluding hydrogens is 278 g/mol. The number of rotatable bonds is 2. The highest BCUT2D eigenvalue weighted by Gasteiger charge is 2.49. The summed E-state index contributed by atoms with van der Waals surface area (Å²) >= 11 is 0. The van der Waals surface area contributed by atoms with Crippen LogP contribution in [0.3, 0.4) is 0 Å². The van der Waals surface area contributed by atoms with Crippen LogP contribution in [-0.2, 0) is 14.3 Å². The lowest BCUT2D eigenvalue weighted by Crippen LogP contribution is -2.65. The van der Waals surface area contributed by atoms with E-state index in [2.05, 4.69) is 32.6 Å². The quantitative estimate of drug-likeness (QED) is 0.731. The third kappa shape index (κ3) is 3.64. The first-order valence-corrected chi connectivity index (χ1v) is 8.65. The van der Waals surface area contributed by atoms with Gasteiger partial charge in [-0.2, -0.15) is 0 Å². The van der Waals surface area contributed by atoms with E-state index in [0.717, 1.165) is 12.8 Å². The summed E-state index contributed by atoms with van der Waals surface area (Å²) in [4.78, 5) is 26.5. The van der Waals surface area contributed by atoms with Crippen molar-refractivity contribution in [1.29, 1.82) is 0 Å². The van der Waals surface area contributed by atoms with Gasteiger partial charge in [-0.05, 0) is 40.5 Å². The Morgan fingerprint density at radius 1 is 0.955 bits per heavy atom. The standard InChI is InChI=1S/C18H31NO3/c1-13(20)22-15-11-17(2,3)19(18(4,5)12-15)16(21)14-9-7-6-8-10-14/h14-15H,6-12H2,1-5H3. The predicted octanol–water partition coefficient (Wildman–Crippen LogP) is 3.68. The van der Waals surface area contributed by atoms with Gasteiger partial charge in [0.15, 0.2) is 0 Å². The third-order valence-electron chi connectivity index (χ3n) is 5.17. The molecule has 1 saturated carbocycles. The van der Waals surface area contributed by atoms with Crippen LogP contribution < -0.4 is 0 Å². The van der Waals surface area contributed by atoms with Gasteiger partial charge >= 0.3 is 5.97 Å². The molecule has 4 heteroatoms. The van der Waals surface area contributed by atoms with E-state index in [1.165, 1.54) is 26.2 Å². The maximum Gasteiger partial charge on any atom is 0.302 e. The van der Waals surface area contributed by atoms with E-state index >= 15 is 0 Å². The summed E-state index contributed by atoms with van der Waals surface area (Å²) in [5.41, 5.74) is -0.563. The van der Waals surface area contributed by atoms with Crippen LogP contribution in [-0.4, -0.2) is 34.0 Å². The molecule has 1 heterocycles. The number of carbonyl (C=O) groups excluding carboxylic acids is 2. The molecule has 0 spiro atoms. The molecule has 1 saturated heterocycles. The van der Waals surface area contributed by atoms with E-state index < -0.39 is 0 Å². The molecule has 0 radical (unpaired) electrons. The maximum absolute atomic E-state index is 13.1. The molecule has 22 heavy (non-hydrogen) atoms. The van der Waals surface area contributed by atoms with Gasteiger partial charge in [-0.1, -0.05) is 19.3 Å². The lowest BCUT2D eigenvalue weighted by Gasteiger charge is -2.55. The summed E-state index contributed by atoms with van der Waals surface area (Å²) in [5.74, 6) is 0.247. The molecular formula is C18H31NO3. The van der Waals surface area contributed by atoms with Crippen molar-refractivity contribution >= 4 is 11.9 Å². The molecule has 4 nitrogen and oxygen atoms in total. The van der Waals surface area contributed by atoms with Crippen molar-refractivity contribution in [2.45, 2.75) is 96.7 Å². The second kappa shape index (κ2) is 6.21. The maximum atomic E-state index is 13.1. The first kappa shape index (κ1) is 17.3. The number of likely N-dealkylation sites (tertiary alicyclic amines) is 1. The summed E-state index contributed by atoms with van der Waals surface area (Å²) in [7, 11) is 0. The van der Waals surface area contributed by atoms with Gasteiger partial charge in [-0.3, -0.25) is 9.59 Å². The monoisotopic (exact) mass is 309 g/mol. The van der Waals surface area contributed by atoms with Gasteiger partial charge in [0.2, 0.25) is 5.91 Å². The van der Waals surface area contributed by atoms with Gasteiger partial charge in [0.25, 0.3) is 0 Å². The first-order chi connectivity index (χ1) is 10.1. The van der Waals surface area contributed by atoms with Gasteiger partial charge in [0.1, 0.15) is 6.10 Å². The molecule has 0 N–H and O–H groups in total. The normalized spacial score (nSPS) is 25.8. The molecule has 0 bridgehead atoms. The molecule has 1 aliphatic carbocycles. The van der Waals surface area contributed by atoms with Crippen molar-refractivity contribution in [3.05, 3.63) is 0 Å². The van der Waals surface area contributed by atoms with E-state index in [4.69, 9.17) is 4.74 Å². The van der Waals surface area contributed by atoms with Crippen molar-refractivity contribution in [3.8, 4) is 0 Å². The molecule has 0 atom stereocenters. The van der Waals surface area contributed by atoms with Gasteiger partial charge in [0.05, 0.1) is 0 Å². The predicted molar refractivity (Wildman–Crippen MR) is 86.4 cm³/mol. The Morgan fingerprint density at radius 3 is 1.91 bits per heavy atom. The van der Waals surface area contributed by atoms with Gasteiger partial charge in [0, 0.05) is 36.8 Å². The van der Waals surface area contributed by atoms with Crippen LogP contribution in [0.25, 0.3) is 0 Å². The van der Waals surface area contributed by atoms with Gasteiger partial charge < -0.3 is 9.64 Å². The van der Waals surface area contributed by atoms with E-state index in [0.29, 0.717) is 18.7 Å². The second-order valence-corrected chi connectivity index (χ2v) is 8.27. The van der Waals surface area contributed by atoms with Crippen molar-refractivity contribution in [3.63, 3.8) is 0 Å². The highest BCUT2D eigenvalue weighted by molar-refractivity contribution is 5.80. The molecule has 1 aliphatic heterocycles. The smallest absolute Gasteiger partial charge is 0.302 e. The van der Waals surface area contributed by atoms with Crippen LogP contribution in [0.15, 0.2) is 0 Å². The minimum Gasteiger partial charge on any atom is -0.462 e. The van der Waals surface area contributed by atoms with E-state index in [1.54, 1.807) is 0 Å². The molecule has 2 fully saturated rings. The average Bonchev–Trinajstić information content (AvgIpc) is 2.35. The molecule has 0 aromatic carbocycles. The highest BCUT2D eigenvalue weighted by Crippen LogP contribution is 2.42. The first-order valence-electron chi connectivity index (χ1n) is 8.65. The molecule has 126 valence electrons. The second-order valence-electron chi connectivity index (χ2n) is 8.27. The molecule has 0 aromatic rings. The van der Waals surface area contributed by atoms with Gasteiger partial charge in [-0.25, -0.2) is 0 Å². The minimum atomic E-state index is -0.281. The number of esters is 1. The number of ether oxygens (including phenoxy) is 1. The van der Waals surface area contributed by atoms with Crippen LogP contribution in [0.1, 0.15) is 79.6 Å². The number of amides is 1. The summed E-state index contributed by atoms with van der Waals surface area (Å²) in [6.07, 6.45) is 6.97. The van der Waals surface area contributed by atoms with Crippen LogP contribution in [0.5, 0.6) is 0 Å². The zero-order chi connectivity index (χ0) is 16.5. The number of nitrogens with zero attached hydrogens (tertiary/aromatic N) is 1. The van der Waals surface area contributed by atoms with Crippen LogP contribution in [0.4, 0.5) is 0 Å². The number of hydrogen-bond acceptors (Lipinski definition) is 3. The average molecular weight is 309 g/mol. The number of hydrogen-bond donors (Lipinski definition) is 0. The fourth-order valence-electron chi connectivity index (χ4n) is 4.64.